The monoisotopic (exact) mass is 348 g/mol. The van der Waals surface area contributed by atoms with Crippen molar-refractivity contribution < 1.29 is 4.79 Å². The fourth-order valence-electron chi connectivity index (χ4n) is 4.08. The molecule has 5 heteroatoms. The third kappa shape index (κ3) is 3.35. The molecule has 2 aliphatic rings. The molecule has 1 amide bonds. The van der Waals surface area contributed by atoms with Crippen LogP contribution in [-0.4, -0.2) is 55.1 Å². The third-order valence-electron chi connectivity index (χ3n) is 5.43. The van der Waals surface area contributed by atoms with E-state index in [0.29, 0.717) is 23.2 Å². The maximum atomic E-state index is 12.5. The maximum absolute atomic E-state index is 12.5. The number of likely N-dealkylation sites (tertiary alicyclic amines) is 2. The topological polar surface area (TPSA) is 61.9 Å². The van der Waals surface area contributed by atoms with Crippen LogP contribution in [-0.2, 0) is 4.79 Å². The minimum absolute atomic E-state index is 0.0217. The average molecular weight is 348 g/mol. The number of fused-ring (bicyclic) bond motifs is 1. The molecular formula is C21H24N4O. The molecule has 134 valence electrons. The van der Waals surface area contributed by atoms with E-state index >= 15 is 0 Å². The van der Waals surface area contributed by atoms with Gasteiger partial charge in [0.05, 0.1) is 17.6 Å². The van der Waals surface area contributed by atoms with E-state index in [1.165, 1.54) is 6.21 Å². The van der Waals surface area contributed by atoms with Crippen molar-refractivity contribution in [3.8, 4) is 11.1 Å². The summed E-state index contributed by atoms with van der Waals surface area (Å²) in [5.74, 6) is 1.18. The van der Waals surface area contributed by atoms with Crippen molar-refractivity contribution in [3.05, 3.63) is 48.5 Å². The molecule has 0 saturated carbocycles. The van der Waals surface area contributed by atoms with Gasteiger partial charge in [-0.15, -0.1) is 0 Å². The molecular weight excluding hydrogens is 324 g/mol. The number of nitrogens with zero attached hydrogens (tertiary/aromatic N) is 3. The number of amides is 1. The Morgan fingerprint density at radius 3 is 2.42 bits per heavy atom. The van der Waals surface area contributed by atoms with Crippen molar-refractivity contribution in [2.75, 3.05) is 39.0 Å². The highest BCUT2D eigenvalue weighted by atomic mass is 16.2. The van der Waals surface area contributed by atoms with Gasteiger partial charge in [-0.05, 0) is 42.1 Å². The number of rotatable bonds is 3. The fraction of sp³-hybridized carbons (Fsp3) is 0.333. The number of benzene rings is 2. The van der Waals surface area contributed by atoms with Crippen LogP contribution in [0.1, 0.15) is 0 Å². The number of carbonyl (C=O) groups excluding carboxylic acids is 1. The van der Waals surface area contributed by atoms with Gasteiger partial charge in [0.25, 0.3) is 5.91 Å². The van der Waals surface area contributed by atoms with Crippen molar-refractivity contribution in [1.29, 1.82) is 0 Å². The van der Waals surface area contributed by atoms with Crippen LogP contribution >= 0.6 is 0 Å². The summed E-state index contributed by atoms with van der Waals surface area (Å²) in [5, 5.41) is 0. The number of aliphatic imine (C=N–C) groups is 1. The van der Waals surface area contributed by atoms with Crippen molar-refractivity contribution in [1.82, 2.24) is 9.80 Å². The molecule has 0 radical (unpaired) electrons. The molecule has 26 heavy (non-hydrogen) atoms. The molecule has 0 spiro atoms. The van der Waals surface area contributed by atoms with E-state index in [0.717, 1.165) is 37.3 Å². The molecule has 0 aliphatic carbocycles. The van der Waals surface area contributed by atoms with Gasteiger partial charge in [0, 0.05) is 26.2 Å². The summed E-state index contributed by atoms with van der Waals surface area (Å²) in [5.41, 5.74) is 9.41. The first-order chi connectivity index (χ1) is 12.6. The largest absolute Gasteiger partial charge is 0.397 e. The number of hydrogen-bond acceptors (Lipinski definition) is 4. The zero-order chi connectivity index (χ0) is 18.1. The number of nitrogen functional groups attached to an aromatic ring is 1. The average Bonchev–Trinajstić information content (AvgIpc) is 3.19. The van der Waals surface area contributed by atoms with Crippen LogP contribution in [0.3, 0.4) is 0 Å². The van der Waals surface area contributed by atoms with Gasteiger partial charge in [-0.1, -0.05) is 36.4 Å². The van der Waals surface area contributed by atoms with Crippen LogP contribution in [0.15, 0.2) is 53.5 Å². The quantitative estimate of drug-likeness (QED) is 0.685. The van der Waals surface area contributed by atoms with Gasteiger partial charge in [-0.25, -0.2) is 4.99 Å². The normalized spacial score (nSPS) is 22.9. The lowest BCUT2D eigenvalue weighted by molar-refractivity contribution is -0.123. The number of anilines is 1. The van der Waals surface area contributed by atoms with Crippen LogP contribution in [0.5, 0.6) is 0 Å². The minimum Gasteiger partial charge on any atom is -0.397 e. The van der Waals surface area contributed by atoms with E-state index in [1.54, 1.807) is 0 Å². The second-order valence-electron chi connectivity index (χ2n) is 7.38. The van der Waals surface area contributed by atoms with Crippen LogP contribution in [0, 0.1) is 11.8 Å². The van der Waals surface area contributed by atoms with Gasteiger partial charge in [0.2, 0.25) is 0 Å². The molecule has 2 aromatic carbocycles. The second kappa shape index (κ2) is 6.92. The Labute approximate surface area is 154 Å². The lowest BCUT2D eigenvalue weighted by Gasteiger charge is -2.17. The Morgan fingerprint density at radius 1 is 1.04 bits per heavy atom. The molecule has 2 N–H and O–H groups in total. The first-order valence-electron chi connectivity index (χ1n) is 9.06. The SMILES string of the molecule is CN1CC2CN(C(=O)C=Nc3cc(-c4ccccc4)ccc3N)CC2C1. The summed E-state index contributed by atoms with van der Waals surface area (Å²) in [4.78, 5) is 21.2. The molecule has 2 atom stereocenters. The van der Waals surface area contributed by atoms with Gasteiger partial charge in [0.1, 0.15) is 0 Å². The lowest BCUT2D eigenvalue weighted by atomic mass is 10.0. The molecule has 4 rings (SSSR count). The zero-order valence-electron chi connectivity index (χ0n) is 15.0. The van der Waals surface area contributed by atoms with Crippen molar-refractivity contribution in [2.24, 2.45) is 16.8 Å². The number of hydrogen-bond donors (Lipinski definition) is 1. The molecule has 2 saturated heterocycles. The molecule has 2 fully saturated rings. The fourth-order valence-corrected chi connectivity index (χ4v) is 4.08. The summed E-state index contributed by atoms with van der Waals surface area (Å²) in [6.07, 6.45) is 1.42. The van der Waals surface area contributed by atoms with Crippen LogP contribution in [0.2, 0.25) is 0 Å². The molecule has 0 aromatic heterocycles. The van der Waals surface area contributed by atoms with Crippen molar-refractivity contribution in [2.45, 2.75) is 0 Å². The molecule has 5 nitrogen and oxygen atoms in total. The van der Waals surface area contributed by atoms with Crippen molar-refractivity contribution >= 4 is 23.5 Å². The highest BCUT2D eigenvalue weighted by Crippen LogP contribution is 2.31. The van der Waals surface area contributed by atoms with Gasteiger partial charge >= 0.3 is 0 Å². The predicted molar refractivity (Wildman–Crippen MR) is 105 cm³/mol. The highest BCUT2D eigenvalue weighted by Gasteiger charge is 2.39. The van der Waals surface area contributed by atoms with E-state index in [4.69, 9.17) is 5.73 Å². The van der Waals surface area contributed by atoms with E-state index in [9.17, 15) is 4.79 Å². The Balaban J connectivity index is 1.48. The van der Waals surface area contributed by atoms with Crippen LogP contribution < -0.4 is 5.73 Å². The van der Waals surface area contributed by atoms with E-state index in [2.05, 4.69) is 16.9 Å². The lowest BCUT2D eigenvalue weighted by Crippen LogP contribution is -2.32. The van der Waals surface area contributed by atoms with E-state index < -0.39 is 0 Å². The van der Waals surface area contributed by atoms with E-state index in [1.807, 2.05) is 53.4 Å². The van der Waals surface area contributed by atoms with Gasteiger partial charge < -0.3 is 15.5 Å². The summed E-state index contributed by atoms with van der Waals surface area (Å²) < 4.78 is 0. The Kier molecular flexibility index (Phi) is 4.47. The summed E-state index contributed by atoms with van der Waals surface area (Å²) in [7, 11) is 2.15. The predicted octanol–water partition coefficient (Wildman–Crippen LogP) is 2.66. The second-order valence-corrected chi connectivity index (χ2v) is 7.38. The summed E-state index contributed by atoms with van der Waals surface area (Å²) in [6.45, 7) is 3.83. The zero-order valence-corrected chi connectivity index (χ0v) is 15.0. The Morgan fingerprint density at radius 2 is 1.73 bits per heavy atom. The maximum Gasteiger partial charge on any atom is 0.265 e. The molecule has 2 heterocycles. The minimum atomic E-state index is -0.0217. The third-order valence-corrected chi connectivity index (χ3v) is 5.43. The van der Waals surface area contributed by atoms with Crippen molar-refractivity contribution in [3.63, 3.8) is 0 Å². The number of carbonyl (C=O) groups is 1. The van der Waals surface area contributed by atoms with Gasteiger partial charge in [-0.3, -0.25) is 4.79 Å². The van der Waals surface area contributed by atoms with E-state index in [-0.39, 0.29) is 5.91 Å². The summed E-state index contributed by atoms with van der Waals surface area (Å²) >= 11 is 0. The number of nitrogens with two attached hydrogens (primary N) is 1. The van der Waals surface area contributed by atoms with Gasteiger partial charge in [0.15, 0.2) is 0 Å². The molecule has 0 bridgehead atoms. The first-order valence-corrected chi connectivity index (χ1v) is 9.06. The molecule has 2 aromatic rings. The molecule has 2 unspecified atom stereocenters. The molecule has 2 aliphatic heterocycles. The van der Waals surface area contributed by atoms with Crippen LogP contribution in [0.25, 0.3) is 11.1 Å². The van der Waals surface area contributed by atoms with Crippen LogP contribution in [0.4, 0.5) is 11.4 Å². The highest BCUT2D eigenvalue weighted by molar-refractivity contribution is 6.26. The smallest absolute Gasteiger partial charge is 0.265 e. The Bertz CT molecular complexity index is 819. The Hall–Kier alpha value is -2.66. The first kappa shape index (κ1) is 16.8. The standard InChI is InChI=1S/C21H24N4O/c1-24-11-17-13-25(14-18(17)12-24)21(26)10-23-20-9-16(7-8-19(20)22)15-5-3-2-4-6-15/h2-10,17-18H,11-14,22H2,1H3. The van der Waals surface area contributed by atoms with Gasteiger partial charge in [-0.2, -0.15) is 0 Å². The summed E-state index contributed by atoms with van der Waals surface area (Å²) in [6, 6.07) is 15.8.